The monoisotopic (exact) mass is 304 g/mol. The van der Waals surface area contributed by atoms with E-state index in [-0.39, 0.29) is 11.7 Å². The zero-order valence-corrected chi connectivity index (χ0v) is 12.4. The lowest BCUT2D eigenvalue weighted by Gasteiger charge is -2.06. The van der Waals surface area contributed by atoms with Crippen molar-refractivity contribution in [3.05, 3.63) is 65.5 Å². The first kappa shape index (κ1) is 15.2. The molecule has 1 amide bonds. The summed E-state index contributed by atoms with van der Waals surface area (Å²) in [5.74, 6) is -0.227. The molecule has 0 aliphatic heterocycles. The molecule has 5 nitrogen and oxygen atoms in total. The second kappa shape index (κ2) is 6.49. The third kappa shape index (κ3) is 5.00. The smallest absolute Gasteiger partial charge is 0.251 e. The summed E-state index contributed by atoms with van der Waals surface area (Å²) in [6.45, 7) is 0.401. The third-order valence-electron chi connectivity index (χ3n) is 2.82. The van der Waals surface area contributed by atoms with Gasteiger partial charge in [-0.2, -0.15) is 0 Å². The minimum atomic E-state index is -3.06. The van der Waals surface area contributed by atoms with E-state index >= 15 is 0 Å². The molecule has 6 heteroatoms. The number of hydrogen-bond donors (Lipinski definition) is 1. The highest BCUT2D eigenvalue weighted by molar-refractivity contribution is 7.89. The number of nitrogens with zero attached hydrogens (tertiary/aromatic N) is 1. The first-order chi connectivity index (χ1) is 9.94. The van der Waals surface area contributed by atoms with Gasteiger partial charge in [0.05, 0.1) is 5.75 Å². The van der Waals surface area contributed by atoms with Crippen LogP contribution in [0.3, 0.4) is 0 Å². The summed E-state index contributed by atoms with van der Waals surface area (Å²) in [6.07, 6.45) is 4.54. The standard InChI is InChI=1S/C15H16N2O3S/c1-21(19,20)11-12-4-6-14(7-5-12)15(18)17-10-13-3-2-8-16-9-13/h2-9H,10-11H2,1H3,(H,17,18). The Morgan fingerprint density at radius 3 is 2.43 bits per heavy atom. The van der Waals surface area contributed by atoms with Crippen LogP contribution in [0.1, 0.15) is 21.5 Å². The van der Waals surface area contributed by atoms with Crippen molar-refractivity contribution in [3.8, 4) is 0 Å². The van der Waals surface area contributed by atoms with Gasteiger partial charge >= 0.3 is 0 Å². The zero-order valence-electron chi connectivity index (χ0n) is 11.6. The minimum Gasteiger partial charge on any atom is -0.348 e. The molecule has 2 aromatic rings. The van der Waals surface area contributed by atoms with Gasteiger partial charge < -0.3 is 5.32 Å². The van der Waals surface area contributed by atoms with E-state index in [9.17, 15) is 13.2 Å². The molecular formula is C15H16N2O3S. The maximum absolute atomic E-state index is 12.0. The fraction of sp³-hybridized carbons (Fsp3) is 0.200. The van der Waals surface area contributed by atoms with E-state index in [4.69, 9.17) is 0 Å². The van der Waals surface area contributed by atoms with Gasteiger partial charge in [0.15, 0.2) is 9.84 Å². The highest BCUT2D eigenvalue weighted by atomic mass is 32.2. The number of carbonyl (C=O) groups excluding carboxylic acids is 1. The van der Waals surface area contributed by atoms with Crippen LogP contribution >= 0.6 is 0 Å². The van der Waals surface area contributed by atoms with Gasteiger partial charge in [-0.1, -0.05) is 18.2 Å². The lowest BCUT2D eigenvalue weighted by Crippen LogP contribution is -2.22. The van der Waals surface area contributed by atoms with Crippen molar-refractivity contribution in [1.29, 1.82) is 0 Å². The highest BCUT2D eigenvalue weighted by Gasteiger charge is 2.08. The van der Waals surface area contributed by atoms with Gasteiger partial charge in [0.1, 0.15) is 0 Å². The Balaban J connectivity index is 1.97. The summed E-state index contributed by atoms with van der Waals surface area (Å²) in [7, 11) is -3.06. The first-order valence-electron chi connectivity index (χ1n) is 6.38. The Labute approximate surface area is 124 Å². The molecule has 110 valence electrons. The summed E-state index contributed by atoms with van der Waals surface area (Å²) in [5.41, 5.74) is 2.08. The molecule has 1 heterocycles. The van der Waals surface area contributed by atoms with Gasteiger partial charge in [0, 0.05) is 30.8 Å². The topological polar surface area (TPSA) is 76.1 Å². The van der Waals surface area contributed by atoms with Crippen LogP contribution in [-0.2, 0) is 22.1 Å². The summed E-state index contributed by atoms with van der Waals surface area (Å²) in [4.78, 5) is 15.9. The van der Waals surface area contributed by atoms with Gasteiger partial charge in [0.2, 0.25) is 0 Å². The largest absolute Gasteiger partial charge is 0.348 e. The number of aromatic nitrogens is 1. The van der Waals surface area contributed by atoms with E-state index in [0.717, 1.165) is 5.56 Å². The minimum absolute atomic E-state index is 0.0232. The molecule has 2 rings (SSSR count). The fourth-order valence-electron chi connectivity index (χ4n) is 1.84. The average Bonchev–Trinajstić information content (AvgIpc) is 2.45. The van der Waals surface area contributed by atoms with Crippen molar-refractivity contribution in [2.24, 2.45) is 0 Å². The van der Waals surface area contributed by atoms with E-state index in [1.165, 1.54) is 6.26 Å². The van der Waals surface area contributed by atoms with Crippen molar-refractivity contribution >= 4 is 15.7 Å². The predicted octanol–water partition coefficient (Wildman–Crippen LogP) is 1.56. The lowest BCUT2D eigenvalue weighted by atomic mass is 10.1. The highest BCUT2D eigenvalue weighted by Crippen LogP contribution is 2.08. The molecule has 0 aliphatic carbocycles. The Morgan fingerprint density at radius 1 is 1.14 bits per heavy atom. The molecular weight excluding hydrogens is 288 g/mol. The second-order valence-electron chi connectivity index (χ2n) is 4.81. The summed E-state index contributed by atoms with van der Waals surface area (Å²) in [5, 5.41) is 2.79. The quantitative estimate of drug-likeness (QED) is 0.909. The Morgan fingerprint density at radius 2 is 1.86 bits per heavy atom. The van der Waals surface area contributed by atoms with Gasteiger partial charge in [-0.15, -0.1) is 0 Å². The van der Waals surface area contributed by atoms with Crippen LogP contribution in [0.5, 0.6) is 0 Å². The summed E-state index contributed by atoms with van der Waals surface area (Å²) < 4.78 is 22.4. The molecule has 1 N–H and O–H groups in total. The van der Waals surface area contributed by atoms with Gasteiger partial charge in [-0.05, 0) is 29.3 Å². The van der Waals surface area contributed by atoms with Crippen LogP contribution in [-0.4, -0.2) is 25.6 Å². The molecule has 0 saturated heterocycles. The molecule has 0 unspecified atom stereocenters. The van der Waals surface area contributed by atoms with E-state index < -0.39 is 9.84 Å². The van der Waals surface area contributed by atoms with Gasteiger partial charge in [-0.3, -0.25) is 9.78 Å². The van der Waals surface area contributed by atoms with E-state index in [2.05, 4.69) is 10.3 Å². The maximum atomic E-state index is 12.0. The van der Waals surface area contributed by atoms with E-state index in [0.29, 0.717) is 17.7 Å². The van der Waals surface area contributed by atoms with Crippen LogP contribution < -0.4 is 5.32 Å². The number of sulfone groups is 1. The van der Waals surface area contributed by atoms with Crippen molar-refractivity contribution < 1.29 is 13.2 Å². The van der Waals surface area contributed by atoms with Crippen molar-refractivity contribution in [1.82, 2.24) is 10.3 Å². The molecule has 0 saturated carbocycles. The molecule has 1 aromatic heterocycles. The first-order valence-corrected chi connectivity index (χ1v) is 8.44. The molecule has 1 aromatic carbocycles. The molecule has 21 heavy (non-hydrogen) atoms. The Hall–Kier alpha value is -2.21. The molecule has 0 spiro atoms. The zero-order chi connectivity index (χ0) is 15.3. The third-order valence-corrected chi connectivity index (χ3v) is 3.68. The summed E-state index contributed by atoms with van der Waals surface area (Å²) >= 11 is 0. The van der Waals surface area contributed by atoms with Crippen molar-refractivity contribution in [2.45, 2.75) is 12.3 Å². The maximum Gasteiger partial charge on any atom is 0.251 e. The van der Waals surface area contributed by atoms with Gasteiger partial charge in [0.25, 0.3) is 5.91 Å². The predicted molar refractivity (Wildman–Crippen MR) is 80.4 cm³/mol. The van der Waals surface area contributed by atoms with Crippen molar-refractivity contribution in [2.75, 3.05) is 6.26 Å². The lowest BCUT2D eigenvalue weighted by molar-refractivity contribution is 0.0951. The summed E-state index contributed by atoms with van der Waals surface area (Å²) in [6, 6.07) is 10.2. The van der Waals surface area contributed by atoms with E-state index in [1.54, 1.807) is 36.7 Å². The Bertz CT molecular complexity index is 710. The van der Waals surface area contributed by atoms with Crippen LogP contribution in [0.2, 0.25) is 0 Å². The van der Waals surface area contributed by atoms with Crippen LogP contribution in [0.25, 0.3) is 0 Å². The van der Waals surface area contributed by atoms with Crippen LogP contribution in [0, 0.1) is 0 Å². The number of nitrogens with one attached hydrogen (secondary N) is 1. The number of benzene rings is 1. The van der Waals surface area contributed by atoms with Crippen LogP contribution in [0.15, 0.2) is 48.8 Å². The fourth-order valence-corrected chi connectivity index (χ4v) is 2.64. The number of pyridine rings is 1. The Kier molecular flexibility index (Phi) is 4.70. The van der Waals surface area contributed by atoms with Crippen LogP contribution in [0.4, 0.5) is 0 Å². The number of carbonyl (C=O) groups is 1. The molecule has 0 aliphatic rings. The number of amides is 1. The normalized spacial score (nSPS) is 11.1. The van der Waals surface area contributed by atoms with Crippen molar-refractivity contribution in [3.63, 3.8) is 0 Å². The van der Waals surface area contributed by atoms with Gasteiger partial charge in [-0.25, -0.2) is 8.42 Å². The molecule has 0 atom stereocenters. The molecule has 0 bridgehead atoms. The number of rotatable bonds is 5. The average molecular weight is 304 g/mol. The van der Waals surface area contributed by atoms with E-state index in [1.807, 2.05) is 12.1 Å². The second-order valence-corrected chi connectivity index (χ2v) is 6.95. The SMILES string of the molecule is CS(=O)(=O)Cc1ccc(C(=O)NCc2cccnc2)cc1. The number of hydrogen-bond acceptors (Lipinski definition) is 4. The molecule has 0 fully saturated rings. The molecule has 0 radical (unpaired) electrons.